The molecule has 2 aliphatic heterocycles. The number of anilines is 2. The van der Waals surface area contributed by atoms with Gasteiger partial charge in [0.15, 0.2) is 0 Å². The number of imide groups is 2. The van der Waals surface area contributed by atoms with Crippen molar-refractivity contribution in [3.63, 3.8) is 0 Å². The summed E-state index contributed by atoms with van der Waals surface area (Å²) in [7, 11) is 0. The Balaban J connectivity index is 0.000000227. The molecule has 0 saturated carbocycles. The van der Waals surface area contributed by atoms with Gasteiger partial charge in [-0.2, -0.15) is 0 Å². The van der Waals surface area contributed by atoms with Gasteiger partial charge in [-0.05, 0) is 35.4 Å². The first-order valence-electron chi connectivity index (χ1n) is 8.94. The van der Waals surface area contributed by atoms with Gasteiger partial charge in [0, 0.05) is 24.3 Å². The molecule has 2 aromatic rings. The molecule has 0 atom stereocenters. The Morgan fingerprint density at radius 3 is 0.970 bits per heavy atom. The summed E-state index contributed by atoms with van der Waals surface area (Å²) in [6.07, 6.45) is 4.65. The predicted octanol–water partition coefficient (Wildman–Crippen LogP) is -1.42. The molecule has 0 aromatic heterocycles. The average Bonchev–Trinajstić information content (AvgIpc) is 3.28. The summed E-state index contributed by atoms with van der Waals surface area (Å²) in [6, 6.07) is 10.7. The fraction of sp³-hybridized carbons (Fsp3) is 0. The standard InChI is InChI=1S/2C11H7NO4.Pb/c2*13-9-5-6-10(14)12(9)8-3-1-7(2-4-8)11(15)16;/h2*1-6H,(H,15,16);/q;;+2/p-2. The van der Waals surface area contributed by atoms with Gasteiger partial charge in [0.2, 0.25) is 0 Å². The molecule has 2 aliphatic rings. The second kappa shape index (κ2) is 10.6. The molecular formula is C22H12N2O8Pb. The third-order valence-corrected chi connectivity index (χ3v) is 4.34. The first kappa shape index (κ1) is 25.3. The Morgan fingerprint density at radius 1 is 0.515 bits per heavy atom. The van der Waals surface area contributed by atoms with Crippen LogP contribution in [0.1, 0.15) is 20.7 Å². The van der Waals surface area contributed by atoms with Crippen LogP contribution in [0.25, 0.3) is 0 Å². The quantitative estimate of drug-likeness (QED) is 0.292. The number of nitrogens with zero attached hydrogens (tertiary/aromatic N) is 2. The van der Waals surface area contributed by atoms with Crippen molar-refractivity contribution < 1.29 is 39.0 Å². The summed E-state index contributed by atoms with van der Waals surface area (Å²) >= 11 is 0. The van der Waals surface area contributed by atoms with Gasteiger partial charge in [0.05, 0.1) is 23.3 Å². The van der Waals surface area contributed by atoms with Crippen LogP contribution < -0.4 is 20.0 Å². The van der Waals surface area contributed by atoms with Gasteiger partial charge in [-0.15, -0.1) is 0 Å². The van der Waals surface area contributed by atoms with E-state index in [1.807, 2.05) is 0 Å². The first-order chi connectivity index (χ1) is 15.2. The smallest absolute Gasteiger partial charge is 0.545 e. The van der Waals surface area contributed by atoms with E-state index in [9.17, 15) is 39.0 Å². The minimum Gasteiger partial charge on any atom is -0.545 e. The molecule has 4 rings (SSSR count). The van der Waals surface area contributed by atoms with Gasteiger partial charge >= 0.3 is 27.3 Å². The molecule has 0 bridgehead atoms. The Morgan fingerprint density at radius 2 is 0.758 bits per heavy atom. The second-order valence-corrected chi connectivity index (χ2v) is 6.36. The molecule has 2 radical (unpaired) electrons. The van der Waals surface area contributed by atoms with Crippen molar-refractivity contribution in [3.8, 4) is 0 Å². The average molecular weight is 640 g/mol. The minimum absolute atomic E-state index is 0. The van der Waals surface area contributed by atoms with E-state index >= 15 is 0 Å². The molecule has 162 valence electrons. The summed E-state index contributed by atoms with van der Waals surface area (Å²) in [5.74, 6) is -4.36. The van der Waals surface area contributed by atoms with Crippen LogP contribution in [-0.2, 0) is 19.2 Å². The number of carbonyl (C=O) groups is 6. The molecule has 4 amide bonds. The summed E-state index contributed by atoms with van der Waals surface area (Å²) in [5, 5.41) is 21.0. The fourth-order valence-electron chi connectivity index (χ4n) is 2.80. The van der Waals surface area contributed by atoms with Gasteiger partial charge in [-0.1, -0.05) is 24.3 Å². The Bertz CT molecular complexity index is 1070. The monoisotopic (exact) mass is 640 g/mol. The molecule has 0 N–H and O–H groups in total. The molecule has 2 aromatic carbocycles. The number of amides is 4. The van der Waals surface area contributed by atoms with E-state index < -0.39 is 35.6 Å². The topological polar surface area (TPSA) is 155 Å². The van der Waals surface area contributed by atoms with E-state index in [2.05, 4.69) is 0 Å². The van der Waals surface area contributed by atoms with Gasteiger partial charge in [-0.25, -0.2) is 9.80 Å². The van der Waals surface area contributed by atoms with Crippen LogP contribution in [-0.4, -0.2) is 62.9 Å². The van der Waals surface area contributed by atoms with E-state index in [-0.39, 0.29) is 38.4 Å². The number of rotatable bonds is 4. The molecule has 0 fully saturated rings. The van der Waals surface area contributed by atoms with Crippen molar-refractivity contribution >= 4 is 74.2 Å². The van der Waals surface area contributed by atoms with Crippen molar-refractivity contribution in [2.24, 2.45) is 0 Å². The molecule has 11 heteroatoms. The van der Waals surface area contributed by atoms with Gasteiger partial charge in [-0.3, -0.25) is 19.2 Å². The van der Waals surface area contributed by atoms with E-state index in [0.717, 1.165) is 34.1 Å². The largest absolute Gasteiger partial charge is 2.00 e. The predicted molar refractivity (Wildman–Crippen MR) is 111 cm³/mol. The third kappa shape index (κ3) is 5.65. The maximum Gasteiger partial charge on any atom is 2.00 e. The van der Waals surface area contributed by atoms with Gasteiger partial charge in [0.25, 0.3) is 23.6 Å². The fourth-order valence-corrected chi connectivity index (χ4v) is 2.80. The normalized spacial score (nSPS) is 14.2. The zero-order chi connectivity index (χ0) is 23.4. The molecule has 0 saturated heterocycles. The maximum atomic E-state index is 11.3. The number of carboxylic acids is 2. The van der Waals surface area contributed by atoms with E-state index in [1.165, 1.54) is 48.5 Å². The SMILES string of the molecule is O=C([O-])c1ccc(N2C(=O)C=CC2=O)cc1.O=C([O-])c1ccc(N2C(=O)C=CC2=O)cc1.[Pb+2]. The summed E-state index contributed by atoms with van der Waals surface area (Å²) in [6.45, 7) is 0. The Kier molecular flexibility index (Phi) is 8.12. The molecule has 0 unspecified atom stereocenters. The molecule has 0 spiro atoms. The minimum atomic E-state index is -1.30. The second-order valence-electron chi connectivity index (χ2n) is 6.36. The summed E-state index contributed by atoms with van der Waals surface area (Å²) < 4.78 is 0. The molecule has 0 aliphatic carbocycles. The number of aromatic carboxylic acids is 2. The van der Waals surface area contributed by atoms with Gasteiger partial charge in [0.1, 0.15) is 0 Å². The van der Waals surface area contributed by atoms with Crippen LogP contribution in [0.3, 0.4) is 0 Å². The van der Waals surface area contributed by atoms with Crippen molar-refractivity contribution in [2.75, 3.05) is 9.80 Å². The van der Waals surface area contributed by atoms with Crippen molar-refractivity contribution in [3.05, 3.63) is 84.0 Å². The Labute approximate surface area is 206 Å². The number of carbonyl (C=O) groups excluding carboxylic acids is 6. The number of benzene rings is 2. The zero-order valence-corrected chi connectivity index (χ0v) is 20.5. The first-order valence-corrected chi connectivity index (χ1v) is 8.94. The van der Waals surface area contributed by atoms with E-state index in [1.54, 1.807) is 0 Å². The van der Waals surface area contributed by atoms with Crippen LogP contribution >= 0.6 is 0 Å². The maximum absolute atomic E-state index is 11.3. The van der Waals surface area contributed by atoms with Crippen LogP contribution in [0.2, 0.25) is 0 Å². The molecule has 2 heterocycles. The molecule has 33 heavy (non-hydrogen) atoms. The van der Waals surface area contributed by atoms with Crippen molar-refractivity contribution in [1.29, 1.82) is 0 Å². The number of hydrogen-bond donors (Lipinski definition) is 0. The number of hydrogen-bond acceptors (Lipinski definition) is 8. The van der Waals surface area contributed by atoms with Crippen LogP contribution in [0.4, 0.5) is 11.4 Å². The summed E-state index contributed by atoms with van der Waals surface area (Å²) in [4.78, 5) is 68.1. The Hall–Kier alpha value is -3.94. The van der Waals surface area contributed by atoms with Gasteiger partial charge < -0.3 is 19.8 Å². The molecular weight excluding hydrogens is 627 g/mol. The van der Waals surface area contributed by atoms with Crippen LogP contribution in [0, 0.1) is 0 Å². The van der Waals surface area contributed by atoms with Crippen LogP contribution in [0.15, 0.2) is 72.8 Å². The van der Waals surface area contributed by atoms with E-state index in [0.29, 0.717) is 11.4 Å². The molecule has 10 nitrogen and oxygen atoms in total. The van der Waals surface area contributed by atoms with Crippen molar-refractivity contribution in [1.82, 2.24) is 0 Å². The zero-order valence-electron chi connectivity index (χ0n) is 16.6. The van der Waals surface area contributed by atoms with Crippen molar-refractivity contribution in [2.45, 2.75) is 0 Å². The van der Waals surface area contributed by atoms with E-state index in [4.69, 9.17) is 0 Å². The summed E-state index contributed by atoms with van der Waals surface area (Å²) in [5.41, 5.74) is 0.668. The van der Waals surface area contributed by atoms with Crippen LogP contribution in [0.5, 0.6) is 0 Å². The number of carboxylic acid groups (broad SMARTS) is 2. The third-order valence-electron chi connectivity index (χ3n) is 4.34.